The molecule has 9 heteroatoms. The molecule has 8 nitrogen and oxygen atoms in total. The maximum Gasteiger partial charge on any atom is 0.355 e. The number of carbonyl (C=O) groups excluding carboxylic acids is 1. The Kier molecular flexibility index (Phi) is 3.63. The van der Waals surface area contributed by atoms with E-state index >= 15 is 0 Å². The summed E-state index contributed by atoms with van der Waals surface area (Å²) in [5.74, 6) is -0.875. The molecule has 0 bridgehead atoms. The van der Waals surface area contributed by atoms with E-state index in [2.05, 4.69) is 25.5 Å². The zero-order chi connectivity index (χ0) is 13.0. The molecule has 2 rings (SSSR count). The van der Waals surface area contributed by atoms with E-state index in [0.717, 1.165) is 11.3 Å². The van der Waals surface area contributed by atoms with Gasteiger partial charge in [-0.25, -0.2) is 14.8 Å². The second kappa shape index (κ2) is 5.36. The van der Waals surface area contributed by atoms with Crippen molar-refractivity contribution >= 4 is 23.2 Å². The molecular weight excluding hydrogens is 258 g/mol. The maximum atomic E-state index is 11.6. The van der Waals surface area contributed by atoms with Crippen LogP contribution in [0.25, 0.3) is 0 Å². The summed E-state index contributed by atoms with van der Waals surface area (Å²) >= 11 is 0.994. The summed E-state index contributed by atoms with van der Waals surface area (Å²) in [6, 6.07) is 0. The van der Waals surface area contributed by atoms with Crippen LogP contribution in [0.1, 0.15) is 26.1 Å². The molecule has 0 aliphatic carbocycles. The van der Waals surface area contributed by atoms with Crippen LogP contribution in [0.4, 0.5) is 0 Å². The topological polar surface area (TPSA) is 121 Å². The molecule has 3 N–H and O–H groups in total. The lowest BCUT2D eigenvalue weighted by Crippen LogP contribution is -2.26. The lowest BCUT2D eigenvalue weighted by molar-refractivity contribution is 0.0691. The first-order valence-corrected chi connectivity index (χ1v) is 5.86. The molecule has 0 aliphatic heterocycles. The fourth-order valence-corrected chi connectivity index (χ4v) is 1.90. The van der Waals surface area contributed by atoms with Gasteiger partial charge in [-0.15, -0.1) is 11.3 Å². The van der Waals surface area contributed by atoms with E-state index in [1.54, 1.807) is 0 Å². The van der Waals surface area contributed by atoms with Gasteiger partial charge in [0.1, 0.15) is 12.2 Å². The molecule has 2 heterocycles. The van der Waals surface area contributed by atoms with Crippen LogP contribution in [0.2, 0.25) is 0 Å². The van der Waals surface area contributed by atoms with Crippen LogP contribution in [0.15, 0.2) is 11.7 Å². The molecule has 0 aliphatic rings. The van der Waals surface area contributed by atoms with Crippen molar-refractivity contribution in [3.8, 4) is 0 Å². The number of H-pyrrole nitrogens is 1. The van der Waals surface area contributed by atoms with E-state index in [9.17, 15) is 9.59 Å². The van der Waals surface area contributed by atoms with Gasteiger partial charge in [-0.3, -0.25) is 9.89 Å². The summed E-state index contributed by atoms with van der Waals surface area (Å²) in [6.07, 6.45) is 1.90. The van der Waals surface area contributed by atoms with E-state index in [0.29, 0.717) is 18.8 Å². The van der Waals surface area contributed by atoms with Crippen molar-refractivity contribution in [3.05, 3.63) is 28.2 Å². The number of nitrogens with one attached hydrogen (secondary N) is 2. The second-order valence-electron chi connectivity index (χ2n) is 3.28. The van der Waals surface area contributed by atoms with Gasteiger partial charge in [-0.1, -0.05) is 0 Å². The Bertz CT molecular complexity index is 550. The molecule has 0 saturated carbocycles. The van der Waals surface area contributed by atoms with E-state index in [1.165, 1.54) is 11.7 Å². The van der Waals surface area contributed by atoms with Crippen molar-refractivity contribution in [2.75, 3.05) is 6.54 Å². The maximum absolute atomic E-state index is 11.6. The van der Waals surface area contributed by atoms with E-state index < -0.39 is 11.9 Å². The van der Waals surface area contributed by atoms with Gasteiger partial charge >= 0.3 is 5.97 Å². The number of nitrogens with zero attached hydrogens (tertiary/aromatic N) is 3. The van der Waals surface area contributed by atoms with Crippen LogP contribution < -0.4 is 5.32 Å². The van der Waals surface area contributed by atoms with E-state index in [-0.39, 0.29) is 10.7 Å². The van der Waals surface area contributed by atoms with Crippen LogP contribution in [-0.2, 0) is 6.42 Å². The zero-order valence-electron chi connectivity index (χ0n) is 9.08. The van der Waals surface area contributed by atoms with Gasteiger partial charge in [0.2, 0.25) is 0 Å². The van der Waals surface area contributed by atoms with Gasteiger partial charge in [0.25, 0.3) is 5.91 Å². The number of thiazole rings is 1. The Morgan fingerprint density at radius 3 is 2.94 bits per heavy atom. The minimum Gasteiger partial charge on any atom is -0.476 e. The fraction of sp³-hybridized carbons (Fsp3) is 0.222. The molecule has 0 fully saturated rings. The van der Waals surface area contributed by atoms with Crippen molar-refractivity contribution in [2.24, 2.45) is 0 Å². The zero-order valence-corrected chi connectivity index (χ0v) is 9.90. The molecule has 0 radical (unpaired) electrons. The van der Waals surface area contributed by atoms with Gasteiger partial charge < -0.3 is 10.4 Å². The third-order valence-electron chi connectivity index (χ3n) is 2.03. The lowest BCUT2D eigenvalue weighted by Gasteiger charge is -2.00. The van der Waals surface area contributed by atoms with Crippen molar-refractivity contribution in [2.45, 2.75) is 6.42 Å². The first-order chi connectivity index (χ1) is 8.66. The molecule has 1 amide bonds. The van der Waals surface area contributed by atoms with Gasteiger partial charge in [-0.2, -0.15) is 5.10 Å². The lowest BCUT2D eigenvalue weighted by atomic mass is 10.4. The number of aromatic nitrogens is 4. The van der Waals surface area contributed by atoms with Gasteiger partial charge in [0.05, 0.1) is 0 Å². The summed E-state index contributed by atoms with van der Waals surface area (Å²) in [6.45, 7) is 0.371. The fourth-order valence-electron chi connectivity index (χ4n) is 1.20. The number of rotatable bonds is 5. The summed E-state index contributed by atoms with van der Waals surface area (Å²) in [5, 5.41) is 19.1. The number of amides is 1. The number of hydrogen-bond acceptors (Lipinski definition) is 6. The Morgan fingerprint density at radius 1 is 1.50 bits per heavy atom. The number of carboxylic acids is 1. The Balaban J connectivity index is 1.85. The summed E-state index contributed by atoms with van der Waals surface area (Å²) in [7, 11) is 0. The summed E-state index contributed by atoms with van der Waals surface area (Å²) in [4.78, 5) is 29.8. The molecular formula is C9H9N5O3S. The molecule has 0 aromatic carbocycles. The molecule has 2 aromatic rings. The molecule has 0 saturated heterocycles. The van der Waals surface area contributed by atoms with Crippen molar-refractivity contribution < 1.29 is 14.7 Å². The number of aromatic amines is 1. The first kappa shape index (κ1) is 12.2. The van der Waals surface area contributed by atoms with Crippen LogP contribution in [0.5, 0.6) is 0 Å². The first-order valence-electron chi connectivity index (χ1n) is 4.98. The highest BCUT2D eigenvalue weighted by atomic mass is 32.1. The van der Waals surface area contributed by atoms with Crippen LogP contribution in [0.3, 0.4) is 0 Å². The average molecular weight is 267 g/mol. The van der Waals surface area contributed by atoms with Crippen molar-refractivity contribution in [1.29, 1.82) is 0 Å². The van der Waals surface area contributed by atoms with E-state index in [4.69, 9.17) is 5.11 Å². The molecule has 0 unspecified atom stereocenters. The minimum absolute atomic E-state index is 0.125. The highest BCUT2D eigenvalue weighted by Gasteiger charge is 2.14. The number of aromatic carboxylic acids is 1. The highest BCUT2D eigenvalue weighted by molar-refractivity contribution is 7.11. The van der Waals surface area contributed by atoms with Gasteiger partial charge in [-0.05, 0) is 0 Å². The van der Waals surface area contributed by atoms with Crippen LogP contribution >= 0.6 is 11.3 Å². The van der Waals surface area contributed by atoms with Gasteiger partial charge in [0, 0.05) is 18.3 Å². The molecule has 0 atom stereocenters. The third-order valence-corrected chi connectivity index (χ3v) is 2.87. The quantitative estimate of drug-likeness (QED) is 0.697. The summed E-state index contributed by atoms with van der Waals surface area (Å²) in [5.41, 5.74) is -0.125. The van der Waals surface area contributed by atoms with Crippen LogP contribution in [-0.4, -0.2) is 43.7 Å². The van der Waals surface area contributed by atoms with Crippen molar-refractivity contribution in [1.82, 2.24) is 25.5 Å². The molecule has 94 valence electrons. The Hall–Kier alpha value is -2.29. The Labute approximate surface area is 105 Å². The number of hydrogen-bond donors (Lipinski definition) is 3. The van der Waals surface area contributed by atoms with Crippen LogP contribution in [0, 0.1) is 0 Å². The normalized spacial score (nSPS) is 10.2. The van der Waals surface area contributed by atoms with E-state index in [1.807, 2.05) is 0 Å². The Morgan fingerprint density at radius 2 is 2.33 bits per heavy atom. The van der Waals surface area contributed by atoms with Gasteiger partial charge in [0.15, 0.2) is 10.7 Å². The molecule has 18 heavy (non-hydrogen) atoms. The number of carboxylic acid groups (broad SMARTS) is 1. The minimum atomic E-state index is -1.15. The standard InChI is InChI=1S/C9H9N5O3S/c15-7(8-13-5(3-18-8)9(16)17)10-2-1-6-11-4-12-14-6/h3-4H,1-2H2,(H,10,15)(H,16,17)(H,11,12,14). The van der Waals surface area contributed by atoms with Crippen molar-refractivity contribution in [3.63, 3.8) is 0 Å². The SMILES string of the molecule is O=C(O)c1csc(C(=O)NCCc2ncn[nH]2)n1. The molecule has 0 spiro atoms. The molecule has 2 aromatic heterocycles. The second-order valence-corrected chi connectivity index (χ2v) is 4.14. The predicted octanol–water partition coefficient (Wildman–Crippen LogP) is -0.0681. The largest absolute Gasteiger partial charge is 0.476 e. The highest BCUT2D eigenvalue weighted by Crippen LogP contribution is 2.09. The summed E-state index contributed by atoms with van der Waals surface area (Å²) < 4.78 is 0. The monoisotopic (exact) mass is 267 g/mol. The number of carbonyl (C=O) groups is 2. The predicted molar refractivity (Wildman–Crippen MR) is 61.5 cm³/mol. The third kappa shape index (κ3) is 2.88. The smallest absolute Gasteiger partial charge is 0.355 e. The average Bonchev–Trinajstić information content (AvgIpc) is 2.99.